The summed E-state index contributed by atoms with van der Waals surface area (Å²) < 4.78 is 2.01. The van der Waals surface area contributed by atoms with E-state index in [1.165, 1.54) is 0 Å². The molecule has 28 heavy (non-hydrogen) atoms. The lowest BCUT2D eigenvalue weighted by atomic mass is 10.1. The maximum Gasteiger partial charge on any atom is 0.169 e. The minimum Gasteiger partial charge on any atom is -0.363 e. The molecule has 0 saturated heterocycles. The van der Waals surface area contributed by atoms with Gasteiger partial charge in [0.1, 0.15) is 5.82 Å². The lowest BCUT2D eigenvalue weighted by molar-refractivity contribution is 1.07. The van der Waals surface area contributed by atoms with E-state index in [0.29, 0.717) is 0 Å². The van der Waals surface area contributed by atoms with E-state index in [9.17, 15) is 0 Å². The van der Waals surface area contributed by atoms with Gasteiger partial charge in [-0.05, 0) is 42.0 Å². The van der Waals surface area contributed by atoms with Gasteiger partial charge in [0.15, 0.2) is 11.5 Å². The Morgan fingerprint density at radius 3 is 2.57 bits per heavy atom. The van der Waals surface area contributed by atoms with Gasteiger partial charge in [-0.3, -0.25) is 9.38 Å². The minimum atomic E-state index is 0.796. The summed E-state index contributed by atoms with van der Waals surface area (Å²) in [5, 5.41) is 9.91. The number of benzene rings is 1. The first-order valence-corrected chi connectivity index (χ1v) is 9.03. The molecule has 0 radical (unpaired) electrons. The molecule has 0 amide bonds. The van der Waals surface area contributed by atoms with E-state index in [1.54, 1.807) is 0 Å². The van der Waals surface area contributed by atoms with Crippen molar-refractivity contribution >= 4 is 22.4 Å². The Morgan fingerprint density at radius 1 is 0.857 bits per heavy atom. The lowest BCUT2D eigenvalue weighted by Crippen LogP contribution is -2.09. The molecule has 6 heteroatoms. The summed E-state index contributed by atoms with van der Waals surface area (Å²) in [4.78, 5) is 10.9. The van der Waals surface area contributed by atoms with Crippen LogP contribution in [0.25, 0.3) is 39.1 Å². The molecular weight excluding hydrogens is 348 g/mol. The van der Waals surface area contributed by atoms with E-state index in [1.807, 2.05) is 78.4 Å². The summed E-state index contributed by atoms with van der Waals surface area (Å²) >= 11 is 0. The summed E-state index contributed by atoms with van der Waals surface area (Å²) in [6.07, 6.45) is 5.70. The molecule has 4 aromatic heterocycles. The number of rotatable bonds is 3. The van der Waals surface area contributed by atoms with E-state index in [-0.39, 0.29) is 0 Å². The van der Waals surface area contributed by atoms with E-state index >= 15 is 0 Å². The molecule has 0 aliphatic heterocycles. The van der Waals surface area contributed by atoms with Crippen molar-refractivity contribution in [1.82, 2.24) is 24.6 Å². The first-order valence-electron chi connectivity index (χ1n) is 9.03. The van der Waals surface area contributed by atoms with Gasteiger partial charge in [-0.2, -0.15) is 0 Å². The van der Waals surface area contributed by atoms with Gasteiger partial charge in [0, 0.05) is 49.2 Å². The Balaban J connectivity index is 1.60. The normalized spacial score (nSPS) is 11.2. The highest BCUT2D eigenvalue weighted by Gasteiger charge is 2.12. The van der Waals surface area contributed by atoms with Crippen LogP contribution in [0.15, 0.2) is 73.2 Å². The average Bonchev–Trinajstić information content (AvgIpc) is 3.16. The fourth-order valence-corrected chi connectivity index (χ4v) is 3.37. The standard InChI is InChI=1S/C22H18N6/c1-27(2)20-8-7-16(14-24-20)15-10-12-28-21(13-15)25-26-22(28)18-9-11-23-19-6-4-3-5-17(18)19/h3-14H,1-2H3. The molecule has 0 N–H and O–H groups in total. The number of para-hydroxylation sites is 1. The third kappa shape index (κ3) is 2.66. The Kier molecular flexibility index (Phi) is 3.76. The predicted octanol–water partition coefficient (Wildman–Crippen LogP) is 4.07. The number of fused-ring (bicyclic) bond motifs is 2. The first kappa shape index (κ1) is 16.4. The van der Waals surface area contributed by atoms with Gasteiger partial charge in [-0.1, -0.05) is 18.2 Å². The largest absolute Gasteiger partial charge is 0.363 e. The third-order valence-electron chi connectivity index (χ3n) is 4.84. The van der Waals surface area contributed by atoms with Crippen LogP contribution in [-0.2, 0) is 0 Å². The quantitative estimate of drug-likeness (QED) is 0.482. The van der Waals surface area contributed by atoms with Crippen LogP contribution < -0.4 is 4.90 Å². The number of hydrogen-bond acceptors (Lipinski definition) is 5. The number of anilines is 1. The molecule has 0 aliphatic rings. The third-order valence-corrected chi connectivity index (χ3v) is 4.84. The molecule has 5 rings (SSSR count). The summed E-state index contributed by atoms with van der Waals surface area (Å²) in [6.45, 7) is 0. The maximum atomic E-state index is 4.50. The highest BCUT2D eigenvalue weighted by atomic mass is 15.2. The van der Waals surface area contributed by atoms with Crippen molar-refractivity contribution in [1.29, 1.82) is 0 Å². The van der Waals surface area contributed by atoms with Crippen molar-refractivity contribution in [2.45, 2.75) is 0 Å². The summed E-state index contributed by atoms with van der Waals surface area (Å²) in [6, 6.07) is 18.2. The Labute approximate surface area is 162 Å². The van der Waals surface area contributed by atoms with E-state index in [0.717, 1.165) is 44.9 Å². The molecular formula is C22H18N6. The van der Waals surface area contributed by atoms with Crippen LogP contribution in [0.3, 0.4) is 0 Å². The van der Waals surface area contributed by atoms with Gasteiger partial charge in [0.25, 0.3) is 0 Å². The van der Waals surface area contributed by atoms with Gasteiger partial charge in [0.2, 0.25) is 0 Å². The van der Waals surface area contributed by atoms with Gasteiger partial charge in [-0.15, -0.1) is 10.2 Å². The Morgan fingerprint density at radius 2 is 1.75 bits per heavy atom. The molecule has 5 aromatic rings. The molecule has 0 atom stereocenters. The van der Waals surface area contributed by atoms with Gasteiger partial charge in [0.05, 0.1) is 5.52 Å². The van der Waals surface area contributed by atoms with Crippen LogP contribution in [0.2, 0.25) is 0 Å². The van der Waals surface area contributed by atoms with Crippen molar-refractivity contribution < 1.29 is 0 Å². The molecule has 0 unspecified atom stereocenters. The topological polar surface area (TPSA) is 59.2 Å². The van der Waals surface area contributed by atoms with Crippen LogP contribution in [0.5, 0.6) is 0 Å². The van der Waals surface area contributed by atoms with Crippen molar-refractivity contribution in [3.63, 3.8) is 0 Å². The van der Waals surface area contributed by atoms with Crippen molar-refractivity contribution in [2.75, 3.05) is 19.0 Å². The van der Waals surface area contributed by atoms with Crippen molar-refractivity contribution in [2.24, 2.45) is 0 Å². The fourth-order valence-electron chi connectivity index (χ4n) is 3.37. The second-order valence-corrected chi connectivity index (χ2v) is 6.84. The van der Waals surface area contributed by atoms with Crippen molar-refractivity contribution in [3.8, 4) is 22.5 Å². The van der Waals surface area contributed by atoms with E-state index < -0.39 is 0 Å². The molecule has 6 nitrogen and oxygen atoms in total. The SMILES string of the molecule is CN(C)c1ccc(-c2ccn3c(-c4ccnc5ccccc45)nnc3c2)cn1. The molecule has 0 bridgehead atoms. The summed E-state index contributed by atoms with van der Waals surface area (Å²) in [5.41, 5.74) is 4.87. The molecule has 0 aliphatic carbocycles. The van der Waals surface area contributed by atoms with Crippen molar-refractivity contribution in [3.05, 3.63) is 73.2 Å². The number of aromatic nitrogens is 5. The van der Waals surface area contributed by atoms with Crippen LogP contribution in [0, 0.1) is 0 Å². The molecule has 0 spiro atoms. The van der Waals surface area contributed by atoms with E-state index in [2.05, 4.69) is 38.4 Å². The van der Waals surface area contributed by atoms with Gasteiger partial charge < -0.3 is 4.90 Å². The van der Waals surface area contributed by atoms with Crippen LogP contribution in [0.1, 0.15) is 0 Å². The highest BCUT2D eigenvalue weighted by Crippen LogP contribution is 2.28. The molecule has 0 fully saturated rings. The molecule has 136 valence electrons. The van der Waals surface area contributed by atoms with Gasteiger partial charge in [-0.25, -0.2) is 4.98 Å². The predicted molar refractivity (Wildman–Crippen MR) is 111 cm³/mol. The summed E-state index contributed by atoms with van der Waals surface area (Å²) in [7, 11) is 3.96. The average molecular weight is 366 g/mol. The summed E-state index contributed by atoms with van der Waals surface area (Å²) in [5.74, 6) is 1.74. The van der Waals surface area contributed by atoms with Crippen LogP contribution in [0.4, 0.5) is 5.82 Å². The van der Waals surface area contributed by atoms with E-state index in [4.69, 9.17) is 0 Å². The zero-order valence-corrected chi connectivity index (χ0v) is 15.6. The highest BCUT2D eigenvalue weighted by molar-refractivity contribution is 5.92. The monoisotopic (exact) mass is 366 g/mol. The second-order valence-electron chi connectivity index (χ2n) is 6.84. The first-order chi connectivity index (χ1) is 13.7. The lowest BCUT2D eigenvalue weighted by Gasteiger charge is -2.11. The molecule has 0 saturated carbocycles. The second kappa shape index (κ2) is 6.42. The smallest absolute Gasteiger partial charge is 0.169 e. The number of pyridine rings is 3. The number of nitrogens with zero attached hydrogens (tertiary/aromatic N) is 6. The Hall–Kier alpha value is -3.80. The Bertz CT molecular complexity index is 1280. The minimum absolute atomic E-state index is 0.796. The molecule has 1 aromatic carbocycles. The molecule has 4 heterocycles. The van der Waals surface area contributed by atoms with Gasteiger partial charge >= 0.3 is 0 Å². The van der Waals surface area contributed by atoms with Crippen LogP contribution >= 0.6 is 0 Å². The maximum absolute atomic E-state index is 4.50. The fraction of sp³-hybridized carbons (Fsp3) is 0.0909. The zero-order valence-electron chi connectivity index (χ0n) is 15.6. The zero-order chi connectivity index (χ0) is 19.1. The van der Waals surface area contributed by atoms with Crippen LogP contribution in [-0.4, -0.2) is 38.7 Å². The number of hydrogen-bond donors (Lipinski definition) is 0.